The lowest BCUT2D eigenvalue weighted by Crippen LogP contribution is -2.51. The van der Waals surface area contributed by atoms with E-state index in [1.165, 1.54) is 103 Å². The Hall–Kier alpha value is -2.95. The standard InChI is InChI=1S/C51H76N2O3/c1-7-8-9-10-11-12-13-14-15-35-55-43-26-24-42(25-27-43)53-52-41-22-19-39(20-23-41)49(54)56-44-31-33-50(5)40(36-44)21-28-45-47-30-29-46(38(4)18-16-17-37(2)3)51(47,6)34-32-48(45)50/h19-27,37-38,44-48H,7-18,28-36H2,1-6H3/t38-,44?,45+,46-,47+,48+,50+,51-/m1/s1. The summed E-state index contributed by atoms with van der Waals surface area (Å²) in [5.41, 5.74) is 4.38. The minimum atomic E-state index is -0.234. The van der Waals surface area contributed by atoms with Gasteiger partial charge in [0.25, 0.3) is 0 Å². The van der Waals surface area contributed by atoms with E-state index in [-0.39, 0.29) is 17.5 Å². The van der Waals surface area contributed by atoms with Crippen LogP contribution >= 0.6 is 0 Å². The van der Waals surface area contributed by atoms with E-state index < -0.39 is 0 Å². The van der Waals surface area contributed by atoms with Crippen molar-refractivity contribution < 1.29 is 14.3 Å². The number of carbonyl (C=O) groups excluding carboxylic acids is 1. The molecule has 0 aromatic heterocycles. The van der Waals surface area contributed by atoms with Crippen molar-refractivity contribution in [1.29, 1.82) is 0 Å². The summed E-state index contributed by atoms with van der Waals surface area (Å²) >= 11 is 0. The van der Waals surface area contributed by atoms with Crippen LogP contribution in [0.15, 0.2) is 70.4 Å². The fourth-order valence-corrected chi connectivity index (χ4v) is 12.0. The summed E-state index contributed by atoms with van der Waals surface area (Å²) in [6.45, 7) is 15.6. The van der Waals surface area contributed by atoms with Crippen molar-refractivity contribution in [2.45, 2.75) is 176 Å². The van der Waals surface area contributed by atoms with Crippen molar-refractivity contribution in [2.75, 3.05) is 6.61 Å². The first-order valence-electron chi connectivity index (χ1n) is 23.3. The number of hydrogen-bond donors (Lipinski definition) is 0. The maximum atomic E-state index is 13.3. The Bertz CT molecular complexity index is 1580. The molecule has 5 nitrogen and oxygen atoms in total. The summed E-state index contributed by atoms with van der Waals surface area (Å²) in [6, 6.07) is 15.1. The van der Waals surface area contributed by atoms with Gasteiger partial charge >= 0.3 is 5.97 Å². The number of azo groups is 1. The van der Waals surface area contributed by atoms with Crippen LogP contribution in [0, 0.1) is 46.3 Å². The van der Waals surface area contributed by atoms with Crippen LogP contribution in [-0.4, -0.2) is 18.7 Å². The highest BCUT2D eigenvalue weighted by Crippen LogP contribution is 2.67. The van der Waals surface area contributed by atoms with Gasteiger partial charge in [-0.1, -0.05) is 124 Å². The predicted octanol–water partition coefficient (Wildman–Crippen LogP) is 15.6. The first-order valence-corrected chi connectivity index (χ1v) is 23.3. The molecule has 0 heterocycles. The van der Waals surface area contributed by atoms with Crippen molar-refractivity contribution >= 4 is 17.3 Å². The number of nitrogens with zero attached hydrogens (tertiary/aromatic N) is 2. The summed E-state index contributed by atoms with van der Waals surface area (Å²) < 4.78 is 12.1. The van der Waals surface area contributed by atoms with Crippen LogP contribution in [0.1, 0.15) is 180 Å². The van der Waals surface area contributed by atoms with Crippen molar-refractivity contribution in [3.63, 3.8) is 0 Å². The molecule has 56 heavy (non-hydrogen) atoms. The summed E-state index contributed by atoms with van der Waals surface area (Å²) in [5.74, 6) is 5.65. The van der Waals surface area contributed by atoms with Crippen molar-refractivity contribution in [1.82, 2.24) is 0 Å². The van der Waals surface area contributed by atoms with Crippen LogP contribution in [0.3, 0.4) is 0 Å². The zero-order chi connectivity index (χ0) is 39.5. The van der Waals surface area contributed by atoms with Gasteiger partial charge in [0, 0.05) is 6.42 Å². The van der Waals surface area contributed by atoms with Gasteiger partial charge in [0.2, 0.25) is 0 Å². The molecule has 3 saturated carbocycles. The highest BCUT2D eigenvalue weighted by Gasteiger charge is 2.59. The Kier molecular flexibility index (Phi) is 15.3. The average Bonchev–Trinajstić information content (AvgIpc) is 3.56. The second kappa shape index (κ2) is 20.1. The number of esters is 1. The van der Waals surface area contributed by atoms with Gasteiger partial charge in [-0.05, 0) is 146 Å². The number of benzene rings is 2. The molecule has 5 heteroatoms. The molecule has 0 amide bonds. The van der Waals surface area contributed by atoms with Crippen LogP contribution in [0.25, 0.3) is 0 Å². The first-order chi connectivity index (χ1) is 27.1. The van der Waals surface area contributed by atoms with Gasteiger partial charge in [0.15, 0.2) is 0 Å². The van der Waals surface area contributed by atoms with Gasteiger partial charge in [-0.25, -0.2) is 4.79 Å². The molecule has 4 aliphatic carbocycles. The Balaban J connectivity index is 0.936. The maximum Gasteiger partial charge on any atom is 0.338 e. The smallest absolute Gasteiger partial charge is 0.338 e. The molecular formula is C51H76N2O3. The van der Waals surface area contributed by atoms with Crippen molar-refractivity contribution in [3.05, 3.63) is 65.7 Å². The topological polar surface area (TPSA) is 60.2 Å². The molecule has 0 bridgehead atoms. The van der Waals surface area contributed by atoms with Gasteiger partial charge in [0.05, 0.1) is 23.5 Å². The van der Waals surface area contributed by atoms with E-state index in [2.05, 4.69) is 57.8 Å². The number of carbonyl (C=O) groups is 1. The predicted molar refractivity (Wildman–Crippen MR) is 232 cm³/mol. The molecule has 0 saturated heterocycles. The normalized spacial score (nSPS) is 29.1. The van der Waals surface area contributed by atoms with Crippen molar-refractivity contribution in [3.8, 4) is 5.75 Å². The monoisotopic (exact) mass is 765 g/mol. The summed E-state index contributed by atoms with van der Waals surface area (Å²) in [6.07, 6.45) is 28.3. The molecule has 0 radical (unpaired) electrons. The molecule has 0 aliphatic heterocycles. The zero-order valence-corrected chi connectivity index (χ0v) is 36.2. The van der Waals surface area contributed by atoms with Crippen LogP contribution in [0.4, 0.5) is 11.4 Å². The molecule has 2 aromatic rings. The van der Waals surface area contributed by atoms with Gasteiger partial charge < -0.3 is 9.47 Å². The molecule has 2 aromatic carbocycles. The maximum absolute atomic E-state index is 13.3. The minimum Gasteiger partial charge on any atom is -0.494 e. The fourth-order valence-electron chi connectivity index (χ4n) is 12.0. The molecule has 4 aliphatic rings. The lowest BCUT2D eigenvalue weighted by molar-refractivity contribution is -0.0594. The Labute approximate surface area is 341 Å². The Morgan fingerprint density at radius 2 is 1.41 bits per heavy atom. The van der Waals surface area contributed by atoms with Gasteiger partial charge in [-0.15, -0.1) is 0 Å². The second-order valence-electron chi connectivity index (χ2n) is 19.5. The molecular weight excluding hydrogens is 689 g/mol. The summed E-state index contributed by atoms with van der Waals surface area (Å²) in [7, 11) is 0. The summed E-state index contributed by atoms with van der Waals surface area (Å²) in [4.78, 5) is 13.3. The van der Waals surface area contributed by atoms with E-state index in [9.17, 15) is 4.79 Å². The second-order valence-corrected chi connectivity index (χ2v) is 19.5. The molecule has 0 spiro atoms. The lowest BCUT2D eigenvalue weighted by atomic mass is 9.47. The van der Waals surface area contributed by atoms with Crippen LogP contribution in [-0.2, 0) is 4.74 Å². The molecule has 1 unspecified atom stereocenters. The van der Waals surface area contributed by atoms with E-state index in [1.807, 2.05) is 48.5 Å². The van der Waals surface area contributed by atoms with E-state index in [1.54, 1.807) is 5.57 Å². The molecule has 308 valence electrons. The number of ether oxygens (including phenoxy) is 2. The fraction of sp³-hybridized carbons (Fsp3) is 0.706. The first kappa shape index (κ1) is 42.7. The third-order valence-electron chi connectivity index (χ3n) is 15.3. The number of hydrogen-bond acceptors (Lipinski definition) is 5. The number of rotatable bonds is 20. The van der Waals surface area contributed by atoms with Gasteiger partial charge in [-0.2, -0.15) is 10.2 Å². The SMILES string of the molecule is CCCCCCCCCCCOc1ccc(N=Nc2ccc(C(=O)OC3CC[C@@]4(C)C(=CC[C@H]5[C@@H]6CC[C@H]([C@H](C)CCCC(C)C)[C@@]6(C)CC[C@@H]54)C3)cc2)cc1. The highest BCUT2D eigenvalue weighted by atomic mass is 16.5. The van der Waals surface area contributed by atoms with E-state index in [4.69, 9.17) is 9.47 Å². The number of fused-ring (bicyclic) bond motifs is 5. The molecule has 0 N–H and O–H groups in total. The zero-order valence-electron chi connectivity index (χ0n) is 36.2. The van der Waals surface area contributed by atoms with Crippen LogP contribution in [0.5, 0.6) is 5.75 Å². The van der Waals surface area contributed by atoms with E-state index in [0.717, 1.165) is 79.2 Å². The van der Waals surface area contributed by atoms with Crippen LogP contribution in [0.2, 0.25) is 0 Å². The molecule has 3 fully saturated rings. The Morgan fingerprint density at radius 1 is 0.750 bits per heavy atom. The average molecular weight is 765 g/mol. The lowest BCUT2D eigenvalue weighted by Gasteiger charge is -2.58. The highest BCUT2D eigenvalue weighted by molar-refractivity contribution is 5.89. The largest absolute Gasteiger partial charge is 0.494 e. The summed E-state index contributed by atoms with van der Waals surface area (Å²) in [5, 5.41) is 8.83. The number of allylic oxidation sites excluding steroid dienone is 1. The van der Waals surface area contributed by atoms with Crippen LogP contribution < -0.4 is 4.74 Å². The van der Waals surface area contributed by atoms with Gasteiger partial charge in [-0.3, -0.25) is 0 Å². The van der Waals surface area contributed by atoms with Crippen molar-refractivity contribution in [2.24, 2.45) is 56.6 Å². The third kappa shape index (κ3) is 10.6. The van der Waals surface area contributed by atoms with E-state index >= 15 is 0 Å². The van der Waals surface area contributed by atoms with E-state index in [0.29, 0.717) is 16.7 Å². The molecule has 6 rings (SSSR count). The Morgan fingerprint density at radius 3 is 2.09 bits per heavy atom. The van der Waals surface area contributed by atoms with Gasteiger partial charge in [0.1, 0.15) is 11.9 Å². The minimum absolute atomic E-state index is 0.0498. The third-order valence-corrected chi connectivity index (χ3v) is 15.3. The quantitative estimate of drug-likeness (QED) is 0.0584. The number of unbranched alkanes of at least 4 members (excludes halogenated alkanes) is 8. The molecule has 8 atom stereocenters.